The molecule has 5 heteroatoms. The summed E-state index contributed by atoms with van der Waals surface area (Å²) in [5, 5.41) is 3.21. The third-order valence-corrected chi connectivity index (χ3v) is 3.42. The summed E-state index contributed by atoms with van der Waals surface area (Å²) in [6.07, 6.45) is 4.00. The number of hydrogen-bond donors (Lipinski definition) is 1. The van der Waals surface area contributed by atoms with Crippen LogP contribution >= 0.6 is 0 Å². The molecule has 2 heterocycles. The Kier molecular flexibility index (Phi) is 4.15. The zero-order valence-corrected chi connectivity index (χ0v) is 10.9. The van der Waals surface area contributed by atoms with Crippen LogP contribution in [0.5, 0.6) is 0 Å². The summed E-state index contributed by atoms with van der Waals surface area (Å²) in [6.45, 7) is 5.91. The average Bonchev–Trinajstić information content (AvgIpc) is 2.75. The highest BCUT2D eigenvalue weighted by molar-refractivity contribution is 5.09. The van der Waals surface area contributed by atoms with E-state index in [-0.39, 0.29) is 6.10 Å². The SMILES string of the molecule is CCN1CCOC(CNC)C1c1cncn1C. The van der Waals surface area contributed by atoms with Crippen LogP contribution in [0.25, 0.3) is 0 Å². The van der Waals surface area contributed by atoms with Gasteiger partial charge in [-0.3, -0.25) is 4.90 Å². The Morgan fingerprint density at radius 3 is 3.00 bits per heavy atom. The van der Waals surface area contributed by atoms with Crippen LogP contribution in [0.15, 0.2) is 12.5 Å². The molecule has 1 saturated heterocycles. The molecule has 96 valence electrons. The van der Waals surface area contributed by atoms with Gasteiger partial charge in [0.2, 0.25) is 0 Å². The van der Waals surface area contributed by atoms with E-state index in [9.17, 15) is 0 Å². The second kappa shape index (κ2) is 5.62. The third-order valence-electron chi connectivity index (χ3n) is 3.42. The van der Waals surface area contributed by atoms with Gasteiger partial charge in [0, 0.05) is 26.3 Å². The number of hydrogen-bond acceptors (Lipinski definition) is 4. The van der Waals surface area contributed by atoms with Crippen LogP contribution in [0.2, 0.25) is 0 Å². The normalized spacial score (nSPS) is 26.3. The molecule has 0 aromatic carbocycles. The van der Waals surface area contributed by atoms with Crippen molar-refractivity contribution in [3.05, 3.63) is 18.2 Å². The maximum atomic E-state index is 5.90. The Hall–Kier alpha value is -0.910. The van der Waals surface area contributed by atoms with Gasteiger partial charge in [-0.2, -0.15) is 0 Å². The van der Waals surface area contributed by atoms with Crippen LogP contribution in [0.1, 0.15) is 18.7 Å². The Balaban J connectivity index is 2.25. The molecule has 17 heavy (non-hydrogen) atoms. The molecule has 2 atom stereocenters. The molecule has 2 rings (SSSR count). The van der Waals surface area contributed by atoms with Crippen molar-refractivity contribution in [2.45, 2.75) is 19.1 Å². The van der Waals surface area contributed by atoms with E-state index in [0.717, 1.165) is 26.2 Å². The molecular formula is C12H22N4O. The highest BCUT2D eigenvalue weighted by Gasteiger charge is 2.33. The van der Waals surface area contributed by atoms with E-state index in [2.05, 4.69) is 26.7 Å². The third kappa shape index (κ3) is 2.51. The summed E-state index contributed by atoms with van der Waals surface area (Å²) in [6, 6.07) is 0.300. The Labute approximate surface area is 103 Å². The van der Waals surface area contributed by atoms with E-state index in [1.54, 1.807) is 0 Å². The first-order valence-electron chi connectivity index (χ1n) is 6.24. The summed E-state index contributed by atoms with van der Waals surface area (Å²) in [5.74, 6) is 0. The first-order chi connectivity index (χ1) is 8.27. The summed E-state index contributed by atoms with van der Waals surface area (Å²) >= 11 is 0. The van der Waals surface area contributed by atoms with E-state index in [1.165, 1.54) is 5.69 Å². The topological polar surface area (TPSA) is 42.3 Å². The van der Waals surface area contributed by atoms with Gasteiger partial charge in [-0.1, -0.05) is 6.92 Å². The number of aryl methyl sites for hydroxylation is 1. The number of nitrogens with one attached hydrogen (secondary N) is 1. The number of aromatic nitrogens is 2. The van der Waals surface area contributed by atoms with Gasteiger partial charge in [-0.05, 0) is 13.6 Å². The van der Waals surface area contributed by atoms with Crippen LogP contribution < -0.4 is 5.32 Å². The number of rotatable bonds is 4. The van der Waals surface area contributed by atoms with Crippen molar-refractivity contribution in [2.24, 2.45) is 7.05 Å². The lowest BCUT2D eigenvalue weighted by Gasteiger charge is -2.40. The lowest BCUT2D eigenvalue weighted by atomic mass is 10.0. The van der Waals surface area contributed by atoms with Crippen molar-refractivity contribution in [3.8, 4) is 0 Å². The minimum absolute atomic E-state index is 0.198. The van der Waals surface area contributed by atoms with E-state index >= 15 is 0 Å². The fourth-order valence-corrected chi connectivity index (χ4v) is 2.54. The van der Waals surface area contributed by atoms with Gasteiger partial charge < -0.3 is 14.6 Å². The number of morpholine rings is 1. The lowest BCUT2D eigenvalue weighted by molar-refractivity contribution is -0.0708. The van der Waals surface area contributed by atoms with Gasteiger partial charge in [0.15, 0.2) is 0 Å². The summed E-state index contributed by atoms with van der Waals surface area (Å²) in [7, 11) is 4.01. The van der Waals surface area contributed by atoms with Crippen molar-refractivity contribution in [1.82, 2.24) is 19.8 Å². The van der Waals surface area contributed by atoms with Crippen molar-refractivity contribution in [1.29, 1.82) is 0 Å². The summed E-state index contributed by atoms with van der Waals surface area (Å²) in [4.78, 5) is 6.68. The fourth-order valence-electron chi connectivity index (χ4n) is 2.54. The largest absolute Gasteiger partial charge is 0.374 e. The maximum Gasteiger partial charge on any atom is 0.0946 e. The van der Waals surface area contributed by atoms with E-state index < -0.39 is 0 Å². The van der Waals surface area contributed by atoms with Crippen molar-refractivity contribution >= 4 is 0 Å². The van der Waals surface area contributed by atoms with Gasteiger partial charge in [-0.25, -0.2) is 4.98 Å². The molecule has 2 unspecified atom stereocenters. The number of nitrogens with zero attached hydrogens (tertiary/aromatic N) is 3. The van der Waals surface area contributed by atoms with Gasteiger partial charge >= 0.3 is 0 Å². The minimum Gasteiger partial charge on any atom is -0.374 e. The number of ether oxygens (including phenoxy) is 1. The van der Waals surface area contributed by atoms with Gasteiger partial charge in [0.25, 0.3) is 0 Å². The quantitative estimate of drug-likeness (QED) is 0.824. The number of likely N-dealkylation sites (N-methyl/N-ethyl adjacent to an activating group) is 2. The van der Waals surface area contributed by atoms with E-state index in [0.29, 0.717) is 6.04 Å². The molecule has 1 aromatic heterocycles. The van der Waals surface area contributed by atoms with Crippen LogP contribution in [0.4, 0.5) is 0 Å². The van der Waals surface area contributed by atoms with Crippen LogP contribution in [0.3, 0.4) is 0 Å². The second-order valence-corrected chi connectivity index (χ2v) is 4.47. The van der Waals surface area contributed by atoms with Gasteiger partial charge in [0.05, 0.1) is 30.8 Å². The smallest absolute Gasteiger partial charge is 0.0946 e. The molecule has 0 bridgehead atoms. The molecule has 5 nitrogen and oxygen atoms in total. The molecule has 0 spiro atoms. The molecule has 1 N–H and O–H groups in total. The molecule has 0 amide bonds. The van der Waals surface area contributed by atoms with Crippen LogP contribution in [-0.4, -0.2) is 53.8 Å². The van der Waals surface area contributed by atoms with Crippen molar-refractivity contribution < 1.29 is 4.74 Å². The molecule has 0 aliphatic carbocycles. The first-order valence-corrected chi connectivity index (χ1v) is 6.24. The molecule has 1 aliphatic heterocycles. The second-order valence-electron chi connectivity index (χ2n) is 4.47. The predicted molar refractivity (Wildman–Crippen MR) is 66.9 cm³/mol. The Morgan fingerprint density at radius 1 is 1.59 bits per heavy atom. The molecule has 1 aliphatic rings. The standard InChI is InChI=1S/C12H22N4O/c1-4-16-5-6-17-11(8-13-2)12(16)10-7-14-9-15(10)3/h7,9,11-13H,4-6,8H2,1-3H3. The zero-order valence-electron chi connectivity index (χ0n) is 10.9. The lowest BCUT2D eigenvalue weighted by Crippen LogP contribution is -2.49. The molecular weight excluding hydrogens is 216 g/mol. The summed E-state index contributed by atoms with van der Waals surface area (Å²) in [5.41, 5.74) is 1.23. The Bertz CT molecular complexity index is 350. The van der Waals surface area contributed by atoms with E-state index in [1.807, 2.05) is 26.6 Å². The highest BCUT2D eigenvalue weighted by atomic mass is 16.5. The molecule has 0 saturated carbocycles. The molecule has 1 aromatic rings. The van der Waals surface area contributed by atoms with Crippen LogP contribution in [0, 0.1) is 0 Å². The predicted octanol–water partition coefficient (Wildman–Crippen LogP) is 0.401. The highest BCUT2D eigenvalue weighted by Crippen LogP contribution is 2.28. The minimum atomic E-state index is 0.198. The monoisotopic (exact) mass is 238 g/mol. The number of imidazole rings is 1. The van der Waals surface area contributed by atoms with Crippen molar-refractivity contribution in [3.63, 3.8) is 0 Å². The summed E-state index contributed by atoms with van der Waals surface area (Å²) < 4.78 is 7.98. The first kappa shape index (κ1) is 12.5. The zero-order chi connectivity index (χ0) is 12.3. The van der Waals surface area contributed by atoms with Crippen LogP contribution in [-0.2, 0) is 11.8 Å². The molecule has 1 fully saturated rings. The van der Waals surface area contributed by atoms with Gasteiger partial charge in [-0.15, -0.1) is 0 Å². The maximum absolute atomic E-state index is 5.90. The molecule has 0 radical (unpaired) electrons. The van der Waals surface area contributed by atoms with Crippen molar-refractivity contribution in [2.75, 3.05) is 33.3 Å². The van der Waals surface area contributed by atoms with Gasteiger partial charge in [0.1, 0.15) is 0 Å². The Morgan fingerprint density at radius 2 is 2.41 bits per heavy atom. The average molecular weight is 238 g/mol. The fraction of sp³-hybridized carbons (Fsp3) is 0.750. The van der Waals surface area contributed by atoms with E-state index in [4.69, 9.17) is 4.74 Å².